The molecule has 3 aromatic carbocycles. The van der Waals surface area contributed by atoms with Crippen LogP contribution in [0.15, 0.2) is 66.7 Å². The highest BCUT2D eigenvalue weighted by molar-refractivity contribution is 5.98. The Morgan fingerprint density at radius 1 is 0.940 bits per heavy atom. The summed E-state index contributed by atoms with van der Waals surface area (Å²) in [6, 6.07) is 18.9. The van der Waals surface area contributed by atoms with Gasteiger partial charge in [-0.1, -0.05) is 30.3 Å². The van der Waals surface area contributed by atoms with Gasteiger partial charge in [-0.25, -0.2) is 9.59 Å². The summed E-state index contributed by atoms with van der Waals surface area (Å²) in [6.45, 7) is 7.80. The Balaban J connectivity index is 1.25. The molecule has 1 heterocycles. The maximum Gasteiger partial charge on any atom is 0.407 e. The Morgan fingerprint density at radius 3 is 2.22 bits per heavy atom. The summed E-state index contributed by atoms with van der Waals surface area (Å²) < 4.78 is 5.33. The molecular weight excluding hydrogens is 638 g/mol. The molecule has 1 aliphatic carbocycles. The number of H-pyrrole nitrogens is 1. The third-order valence-corrected chi connectivity index (χ3v) is 8.72. The van der Waals surface area contributed by atoms with Crippen molar-refractivity contribution in [1.82, 2.24) is 31.3 Å². The Bertz CT molecular complexity index is 1790. The van der Waals surface area contributed by atoms with E-state index in [1.807, 2.05) is 52.0 Å². The lowest BCUT2D eigenvalue weighted by Crippen LogP contribution is -2.48. The lowest BCUT2D eigenvalue weighted by atomic mass is 9.81. The maximum atomic E-state index is 13.7. The molecule has 0 radical (unpaired) electrons. The minimum atomic E-state index is -0.979. The van der Waals surface area contributed by atoms with Gasteiger partial charge in [-0.3, -0.25) is 9.59 Å². The molecule has 5 rings (SSSR count). The van der Waals surface area contributed by atoms with Crippen LogP contribution in [0.4, 0.5) is 10.5 Å². The van der Waals surface area contributed by atoms with Crippen molar-refractivity contribution < 1.29 is 29.0 Å². The van der Waals surface area contributed by atoms with E-state index < -0.39 is 23.7 Å². The van der Waals surface area contributed by atoms with E-state index in [9.17, 15) is 24.3 Å². The summed E-state index contributed by atoms with van der Waals surface area (Å²) in [4.78, 5) is 50.7. The lowest BCUT2D eigenvalue weighted by molar-refractivity contribution is -0.130. The predicted octanol–water partition coefficient (Wildman–Crippen LogP) is 5.54. The first-order chi connectivity index (χ1) is 23.8. The van der Waals surface area contributed by atoms with Crippen LogP contribution < -0.4 is 16.0 Å². The summed E-state index contributed by atoms with van der Waals surface area (Å²) >= 11 is 0. The number of hydrogen-bond donors (Lipinski definition) is 5. The van der Waals surface area contributed by atoms with E-state index >= 15 is 0 Å². The Labute approximate surface area is 290 Å². The smallest absolute Gasteiger partial charge is 0.407 e. The van der Waals surface area contributed by atoms with Gasteiger partial charge in [0, 0.05) is 30.1 Å². The van der Waals surface area contributed by atoms with Gasteiger partial charge in [0.2, 0.25) is 17.6 Å². The highest BCUT2D eigenvalue weighted by Gasteiger charge is 2.30. The molecule has 13 nitrogen and oxygen atoms in total. The molecule has 3 amide bonds. The molecule has 1 fully saturated rings. The number of anilines is 1. The number of alkyl carbamates (subject to hydrolysis) is 1. The van der Waals surface area contributed by atoms with Crippen LogP contribution >= 0.6 is 0 Å². The first kappa shape index (κ1) is 35.7. The molecule has 1 aliphatic rings. The second-order valence-corrected chi connectivity index (χ2v) is 13.7. The SMILES string of the molecule is Cc1cc(C(=O)O)ccc1-c1ccc(CC(NC(=O)C2CCC(CNC(=O)OC(C)(C)C)CC2)C(=O)Nc2ccc(-c3nn[nH]n3)cc2)cc1. The molecule has 262 valence electrons. The molecule has 50 heavy (non-hydrogen) atoms. The summed E-state index contributed by atoms with van der Waals surface area (Å²) in [5.74, 6) is -1.10. The number of aryl methyl sites for hydroxylation is 1. The zero-order chi connectivity index (χ0) is 35.8. The number of ether oxygens (including phenoxy) is 1. The van der Waals surface area contributed by atoms with Crippen molar-refractivity contribution in [3.63, 3.8) is 0 Å². The predicted molar refractivity (Wildman–Crippen MR) is 187 cm³/mol. The van der Waals surface area contributed by atoms with E-state index in [0.717, 1.165) is 40.7 Å². The lowest BCUT2D eigenvalue weighted by Gasteiger charge is -2.29. The molecule has 1 saturated carbocycles. The van der Waals surface area contributed by atoms with E-state index in [1.165, 1.54) is 0 Å². The molecule has 13 heteroatoms. The number of hydrogen-bond acceptors (Lipinski definition) is 8. The number of carboxylic acids is 1. The molecule has 0 bridgehead atoms. The minimum Gasteiger partial charge on any atom is -0.478 e. The quantitative estimate of drug-likeness (QED) is 0.135. The van der Waals surface area contributed by atoms with Gasteiger partial charge in [-0.2, -0.15) is 5.21 Å². The van der Waals surface area contributed by atoms with Crippen LogP contribution in [0.2, 0.25) is 0 Å². The molecule has 5 N–H and O–H groups in total. The third-order valence-electron chi connectivity index (χ3n) is 8.72. The highest BCUT2D eigenvalue weighted by atomic mass is 16.6. The number of carbonyl (C=O) groups excluding carboxylic acids is 3. The minimum absolute atomic E-state index is 0.179. The monoisotopic (exact) mass is 681 g/mol. The van der Waals surface area contributed by atoms with Crippen molar-refractivity contribution in [3.05, 3.63) is 83.4 Å². The van der Waals surface area contributed by atoms with E-state index in [4.69, 9.17) is 4.74 Å². The van der Waals surface area contributed by atoms with Crippen LogP contribution in [0, 0.1) is 18.8 Å². The third kappa shape index (κ3) is 9.74. The van der Waals surface area contributed by atoms with Gasteiger partial charge in [0.05, 0.1) is 5.56 Å². The van der Waals surface area contributed by atoms with Gasteiger partial charge < -0.3 is 25.8 Å². The van der Waals surface area contributed by atoms with Gasteiger partial charge in [0.15, 0.2) is 0 Å². The summed E-state index contributed by atoms with van der Waals surface area (Å²) in [5.41, 5.74) is 4.43. The largest absolute Gasteiger partial charge is 0.478 e. The summed E-state index contributed by atoms with van der Waals surface area (Å²) in [6.07, 6.45) is 2.64. The van der Waals surface area contributed by atoms with Gasteiger partial charge in [-0.05, 0) is 123 Å². The zero-order valence-corrected chi connectivity index (χ0v) is 28.7. The van der Waals surface area contributed by atoms with Crippen LogP contribution in [0.3, 0.4) is 0 Å². The van der Waals surface area contributed by atoms with Crippen LogP contribution in [0.25, 0.3) is 22.5 Å². The number of carbonyl (C=O) groups is 4. The number of nitrogens with one attached hydrogen (secondary N) is 4. The number of rotatable bonds is 11. The van der Waals surface area contributed by atoms with Crippen LogP contribution in [-0.2, 0) is 20.7 Å². The molecule has 0 saturated heterocycles. The van der Waals surface area contributed by atoms with Crippen LogP contribution in [-0.4, -0.2) is 67.8 Å². The van der Waals surface area contributed by atoms with Crippen molar-refractivity contribution in [2.75, 3.05) is 11.9 Å². The van der Waals surface area contributed by atoms with E-state index in [2.05, 4.69) is 36.6 Å². The Morgan fingerprint density at radius 2 is 1.62 bits per heavy atom. The van der Waals surface area contributed by atoms with Gasteiger partial charge in [-0.15, -0.1) is 10.2 Å². The average Bonchev–Trinajstić information content (AvgIpc) is 3.62. The standard InChI is InChI=1S/C37H43N7O6/c1-22-19-28(35(47)48)15-18-30(22)25-9-5-23(6-10-25)20-31(34(46)39-29-16-13-26(14-17-29)32-41-43-44-42-32)40-33(45)27-11-7-24(8-12-27)21-38-36(49)50-37(2,3)4/h5-6,9-10,13-19,24,27,31H,7-8,11-12,20-21H2,1-4H3,(H,38,49)(H,39,46)(H,40,45)(H,47,48)(H,41,42,43,44). The van der Waals surface area contributed by atoms with Crippen molar-refractivity contribution in [2.24, 2.45) is 11.8 Å². The average molecular weight is 682 g/mol. The van der Waals surface area contributed by atoms with Crippen molar-refractivity contribution in [1.29, 1.82) is 0 Å². The zero-order valence-electron chi connectivity index (χ0n) is 28.7. The van der Waals surface area contributed by atoms with Crippen LogP contribution in [0.5, 0.6) is 0 Å². The first-order valence-corrected chi connectivity index (χ1v) is 16.7. The number of amides is 3. The van der Waals surface area contributed by atoms with Gasteiger partial charge >= 0.3 is 12.1 Å². The Hall–Kier alpha value is -5.59. The molecule has 0 aliphatic heterocycles. The van der Waals surface area contributed by atoms with Gasteiger partial charge in [0.1, 0.15) is 11.6 Å². The maximum absolute atomic E-state index is 13.7. The second-order valence-electron chi connectivity index (χ2n) is 13.7. The number of benzene rings is 3. The fourth-order valence-electron chi connectivity index (χ4n) is 6.06. The molecule has 0 spiro atoms. The second kappa shape index (κ2) is 15.7. The highest BCUT2D eigenvalue weighted by Crippen LogP contribution is 2.29. The van der Waals surface area contributed by atoms with E-state index in [0.29, 0.717) is 30.9 Å². The number of aromatic nitrogens is 4. The van der Waals surface area contributed by atoms with E-state index in [-0.39, 0.29) is 35.6 Å². The normalized spacial score (nSPS) is 16.6. The fraction of sp³-hybridized carbons (Fsp3) is 0.378. The molecular formula is C37H43N7O6. The number of nitrogens with zero attached hydrogens (tertiary/aromatic N) is 3. The fourth-order valence-corrected chi connectivity index (χ4v) is 6.06. The van der Waals surface area contributed by atoms with Gasteiger partial charge in [0.25, 0.3) is 0 Å². The number of aromatic amines is 1. The molecule has 4 aromatic rings. The van der Waals surface area contributed by atoms with Crippen molar-refractivity contribution in [2.45, 2.75) is 71.4 Å². The molecule has 1 unspecified atom stereocenters. The van der Waals surface area contributed by atoms with Crippen molar-refractivity contribution in [3.8, 4) is 22.5 Å². The number of carboxylic acid groups (broad SMARTS) is 1. The van der Waals surface area contributed by atoms with Crippen molar-refractivity contribution >= 4 is 29.6 Å². The number of tetrazole rings is 1. The van der Waals surface area contributed by atoms with Crippen LogP contribution in [0.1, 0.15) is 67.9 Å². The summed E-state index contributed by atoms with van der Waals surface area (Å²) in [5, 5.41) is 32.1. The first-order valence-electron chi connectivity index (χ1n) is 16.7. The molecule has 1 aromatic heterocycles. The topological polar surface area (TPSA) is 188 Å². The summed E-state index contributed by atoms with van der Waals surface area (Å²) in [7, 11) is 0. The van der Waals surface area contributed by atoms with E-state index in [1.54, 1.807) is 42.5 Å². The molecule has 1 atom stereocenters. The Kier molecular flexibility index (Phi) is 11.2. The number of aromatic carboxylic acids is 1.